The van der Waals surface area contributed by atoms with Gasteiger partial charge in [-0.2, -0.15) is 4.68 Å². The number of esters is 1. The molecule has 0 spiro atoms. The quantitative estimate of drug-likeness (QED) is 0.432. The van der Waals surface area contributed by atoms with Crippen molar-refractivity contribution in [2.45, 2.75) is 24.3 Å². The number of carbonyl (C=O) groups is 2. The summed E-state index contributed by atoms with van der Waals surface area (Å²) in [6.45, 7) is 4.23. The van der Waals surface area contributed by atoms with E-state index < -0.39 is 11.2 Å². The zero-order chi connectivity index (χ0) is 21.5. The molecular formula is C20H21N5O4S. The van der Waals surface area contributed by atoms with Crippen LogP contribution in [0, 0.1) is 0 Å². The first-order chi connectivity index (χ1) is 14.5. The van der Waals surface area contributed by atoms with Crippen LogP contribution in [0.15, 0.2) is 53.7 Å². The summed E-state index contributed by atoms with van der Waals surface area (Å²) in [6, 6.07) is 14.0. The number of amides is 1. The minimum Gasteiger partial charge on any atom is -0.494 e. The summed E-state index contributed by atoms with van der Waals surface area (Å²) in [4.78, 5) is 24.6. The number of nitrogens with one attached hydrogen (secondary N) is 1. The van der Waals surface area contributed by atoms with E-state index in [9.17, 15) is 9.59 Å². The van der Waals surface area contributed by atoms with E-state index in [1.807, 2.05) is 31.2 Å². The minimum atomic E-state index is -0.525. The van der Waals surface area contributed by atoms with Gasteiger partial charge in [0.25, 0.3) is 0 Å². The van der Waals surface area contributed by atoms with Crippen molar-refractivity contribution in [2.24, 2.45) is 0 Å². The Balaban J connectivity index is 1.71. The highest BCUT2D eigenvalue weighted by molar-refractivity contribution is 8.00. The molecule has 156 valence electrons. The Labute approximate surface area is 177 Å². The number of para-hydroxylation sites is 1. The van der Waals surface area contributed by atoms with Gasteiger partial charge in [0.1, 0.15) is 5.75 Å². The van der Waals surface area contributed by atoms with Gasteiger partial charge in [-0.3, -0.25) is 4.79 Å². The van der Waals surface area contributed by atoms with Gasteiger partial charge in [0.2, 0.25) is 11.1 Å². The van der Waals surface area contributed by atoms with E-state index in [1.54, 1.807) is 35.9 Å². The molecule has 1 unspecified atom stereocenters. The Morgan fingerprint density at radius 1 is 1.17 bits per heavy atom. The normalized spacial score (nSPS) is 11.6. The van der Waals surface area contributed by atoms with Gasteiger partial charge in [-0.15, -0.1) is 5.10 Å². The number of rotatable bonds is 8. The summed E-state index contributed by atoms with van der Waals surface area (Å²) in [6.07, 6.45) is 0. The Hall–Kier alpha value is -3.40. The Bertz CT molecular complexity index is 1020. The monoisotopic (exact) mass is 427 g/mol. The average molecular weight is 427 g/mol. The molecule has 1 aromatic heterocycles. The Morgan fingerprint density at radius 3 is 2.60 bits per heavy atom. The molecule has 0 aliphatic carbocycles. The van der Waals surface area contributed by atoms with Crippen molar-refractivity contribution in [3.8, 4) is 11.4 Å². The smallest absolute Gasteiger partial charge is 0.339 e. The summed E-state index contributed by atoms with van der Waals surface area (Å²) in [5, 5.41) is 14.4. The lowest BCUT2D eigenvalue weighted by Gasteiger charge is -2.13. The number of methoxy groups -OCH3 is 1. The molecule has 9 nitrogen and oxygen atoms in total. The number of hydrogen-bond acceptors (Lipinski definition) is 8. The van der Waals surface area contributed by atoms with Gasteiger partial charge in [-0.1, -0.05) is 23.9 Å². The summed E-state index contributed by atoms with van der Waals surface area (Å²) in [5.74, 6) is -0.0659. The molecule has 0 aliphatic rings. The highest BCUT2D eigenvalue weighted by atomic mass is 32.2. The molecular weight excluding hydrogens is 406 g/mol. The molecule has 1 heterocycles. The number of nitrogens with zero attached hydrogens (tertiary/aromatic N) is 4. The van der Waals surface area contributed by atoms with E-state index in [4.69, 9.17) is 9.47 Å². The molecule has 0 bridgehead atoms. The topological polar surface area (TPSA) is 108 Å². The van der Waals surface area contributed by atoms with Crippen molar-refractivity contribution >= 4 is 29.3 Å². The number of carbonyl (C=O) groups excluding carboxylic acids is 2. The third-order valence-corrected chi connectivity index (χ3v) is 5.11. The van der Waals surface area contributed by atoms with Gasteiger partial charge < -0.3 is 14.8 Å². The van der Waals surface area contributed by atoms with Gasteiger partial charge in [0.15, 0.2) is 0 Å². The lowest BCUT2D eigenvalue weighted by atomic mass is 10.2. The fourth-order valence-corrected chi connectivity index (χ4v) is 3.40. The van der Waals surface area contributed by atoms with Crippen molar-refractivity contribution in [3.05, 3.63) is 54.1 Å². The van der Waals surface area contributed by atoms with Crippen molar-refractivity contribution < 1.29 is 19.1 Å². The van der Waals surface area contributed by atoms with Crippen molar-refractivity contribution in [3.63, 3.8) is 0 Å². The molecule has 0 saturated heterocycles. The van der Waals surface area contributed by atoms with Gasteiger partial charge in [0.05, 0.1) is 35.9 Å². The fraction of sp³-hybridized carbons (Fsp3) is 0.250. The lowest BCUT2D eigenvalue weighted by Crippen LogP contribution is -2.24. The second-order valence-corrected chi connectivity index (χ2v) is 7.39. The lowest BCUT2D eigenvalue weighted by molar-refractivity contribution is -0.115. The second-order valence-electron chi connectivity index (χ2n) is 6.09. The van der Waals surface area contributed by atoms with Crippen LogP contribution < -0.4 is 10.1 Å². The molecule has 1 atom stereocenters. The molecule has 0 aliphatic heterocycles. The van der Waals surface area contributed by atoms with E-state index in [0.717, 1.165) is 11.4 Å². The van der Waals surface area contributed by atoms with E-state index in [0.29, 0.717) is 17.5 Å². The third-order valence-electron chi connectivity index (χ3n) is 4.07. The van der Waals surface area contributed by atoms with Crippen molar-refractivity contribution in [1.29, 1.82) is 0 Å². The van der Waals surface area contributed by atoms with E-state index >= 15 is 0 Å². The largest absolute Gasteiger partial charge is 0.494 e. The highest BCUT2D eigenvalue weighted by Crippen LogP contribution is 2.25. The SMILES string of the molecule is CCOc1ccc(-n2nnnc2SC(C)C(=O)Nc2ccccc2C(=O)OC)cc1. The zero-order valence-corrected chi connectivity index (χ0v) is 17.5. The van der Waals surface area contributed by atoms with Crippen molar-refractivity contribution in [2.75, 3.05) is 19.0 Å². The molecule has 3 rings (SSSR count). The third kappa shape index (κ3) is 4.95. The van der Waals surface area contributed by atoms with Crippen LogP contribution in [-0.2, 0) is 9.53 Å². The molecule has 0 saturated carbocycles. The predicted octanol–water partition coefficient (Wildman–Crippen LogP) is 2.97. The zero-order valence-electron chi connectivity index (χ0n) is 16.7. The maximum atomic E-state index is 12.7. The van der Waals surface area contributed by atoms with Gasteiger partial charge >= 0.3 is 5.97 Å². The molecule has 0 fully saturated rings. The van der Waals surface area contributed by atoms with Crippen LogP contribution in [0.3, 0.4) is 0 Å². The summed E-state index contributed by atoms with van der Waals surface area (Å²) >= 11 is 1.20. The van der Waals surface area contributed by atoms with Crippen LogP contribution in [0.4, 0.5) is 5.69 Å². The first-order valence-electron chi connectivity index (χ1n) is 9.20. The van der Waals surface area contributed by atoms with Crippen molar-refractivity contribution in [1.82, 2.24) is 20.2 Å². The van der Waals surface area contributed by atoms with E-state index in [1.165, 1.54) is 18.9 Å². The van der Waals surface area contributed by atoms with Gasteiger partial charge in [0, 0.05) is 0 Å². The summed E-state index contributed by atoms with van der Waals surface area (Å²) < 4.78 is 11.8. The standard InChI is InChI=1S/C20H21N5O4S/c1-4-29-15-11-9-14(10-12-15)25-20(22-23-24-25)30-13(2)18(26)21-17-8-6-5-7-16(17)19(27)28-3/h5-13H,4H2,1-3H3,(H,21,26). The predicted molar refractivity (Wildman–Crippen MR) is 112 cm³/mol. The molecule has 0 radical (unpaired) electrons. The number of aromatic nitrogens is 4. The minimum absolute atomic E-state index is 0.282. The van der Waals surface area contributed by atoms with Crippen LogP contribution in [0.2, 0.25) is 0 Å². The van der Waals surface area contributed by atoms with Gasteiger partial charge in [-0.05, 0) is 60.7 Å². The summed E-state index contributed by atoms with van der Waals surface area (Å²) in [5.41, 5.74) is 1.41. The molecule has 10 heteroatoms. The highest BCUT2D eigenvalue weighted by Gasteiger charge is 2.21. The number of hydrogen-bond donors (Lipinski definition) is 1. The number of ether oxygens (including phenoxy) is 2. The number of thioether (sulfide) groups is 1. The number of anilines is 1. The number of benzene rings is 2. The van der Waals surface area contributed by atoms with Crippen LogP contribution in [0.1, 0.15) is 24.2 Å². The molecule has 1 N–H and O–H groups in total. The fourth-order valence-electron chi connectivity index (χ4n) is 2.59. The molecule has 2 aromatic carbocycles. The van der Waals surface area contributed by atoms with Gasteiger partial charge in [-0.25, -0.2) is 4.79 Å². The van der Waals surface area contributed by atoms with E-state index in [2.05, 4.69) is 20.8 Å². The molecule has 3 aromatic rings. The maximum absolute atomic E-state index is 12.7. The summed E-state index contributed by atoms with van der Waals surface area (Å²) in [7, 11) is 1.29. The van der Waals surface area contributed by atoms with Crippen LogP contribution in [0.25, 0.3) is 5.69 Å². The average Bonchev–Trinajstić information content (AvgIpc) is 3.22. The van der Waals surface area contributed by atoms with Crippen LogP contribution in [-0.4, -0.2) is 51.1 Å². The Morgan fingerprint density at radius 2 is 1.90 bits per heavy atom. The Kier molecular flexibility index (Phi) is 7.02. The van der Waals surface area contributed by atoms with Crippen LogP contribution in [0.5, 0.6) is 5.75 Å². The first-order valence-corrected chi connectivity index (χ1v) is 10.1. The first kappa shape index (κ1) is 21.3. The molecule has 30 heavy (non-hydrogen) atoms. The molecule has 1 amide bonds. The second kappa shape index (κ2) is 9.88. The maximum Gasteiger partial charge on any atom is 0.339 e. The van der Waals surface area contributed by atoms with E-state index in [-0.39, 0.29) is 11.5 Å². The van der Waals surface area contributed by atoms with Crippen LogP contribution >= 0.6 is 11.8 Å². The number of tetrazole rings is 1.